The van der Waals surface area contributed by atoms with Crippen LogP contribution in [-0.2, 0) is 0 Å². The molecule has 1 aliphatic carbocycles. The van der Waals surface area contributed by atoms with Crippen LogP contribution in [0.15, 0.2) is 12.1 Å². The lowest BCUT2D eigenvalue weighted by Gasteiger charge is -2.05. The second kappa shape index (κ2) is 2.97. The van der Waals surface area contributed by atoms with Crippen LogP contribution in [0.3, 0.4) is 0 Å². The van der Waals surface area contributed by atoms with Gasteiger partial charge in [-0.15, -0.1) is 0 Å². The molecule has 0 amide bonds. The first-order valence-corrected chi connectivity index (χ1v) is 5.18. The topological polar surface area (TPSA) is 78.7 Å². The first-order chi connectivity index (χ1) is 8.07. The van der Waals surface area contributed by atoms with E-state index in [0.717, 1.165) is 0 Å². The fraction of sp³-hybridized carbons (Fsp3) is 0.364. The number of nitrogens with zero attached hydrogens (tertiary/aromatic N) is 1. The van der Waals surface area contributed by atoms with E-state index < -0.39 is 10.5 Å². The highest BCUT2D eigenvalue weighted by molar-refractivity contribution is 6.10. The molecular weight excluding hydrogens is 226 g/mol. The molecule has 0 atom stereocenters. The number of Topliss-reactive ketones (excluding diaryl/α,β-unsaturated/α-hetero) is 1. The number of rotatable bonds is 2. The minimum atomic E-state index is -0.734. The van der Waals surface area contributed by atoms with Crippen molar-refractivity contribution in [1.29, 1.82) is 0 Å². The van der Waals surface area contributed by atoms with Crippen LogP contribution in [0.2, 0.25) is 0 Å². The molecule has 1 aliphatic heterocycles. The van der Waals surface area contributed by atoms with Gasteiger partial charge in [-0.3, -0.25) is 14.9 Å². The third-order valence-corrected chi connectivity index (χ3v) is 3.15. The maximum absolute atomic E-state index is 12.0. The number of ketones is 1. The van der Waals surface area contributed by atoms with Crippen LogP contribution in [0.4, 0.5) is 5.69 Å². The number of nitro benzene ring substituents is 1. The lowest BCUT2D eigenvalue weighted by molar-refractivity contribution is -0.385. The third kappa shape index (κ3) is 1.23. The number of carbonyl (C=O) groups excluding carboxylic acids is 1. The standard InChI is InChI=1S/C11H9NO5/c1-16-9-5-8-6(4-7(9)12(14)15)10(13)11(17-8)2-3-11/h4-5H,2-3H2,1H3. The normalized spacial score (nSPS) is 18.8. The van der Waals surface area contributed by atoms with Crippen molar-refractivity contribution in [2.24, 2.45) is 0 Å². The molecule has 1 heterocycles. The molecule has 6 heteroatoms. The molecule has 0 bridgehead atoms. The molecule has 17 heavy (non-hydrogen) atoms. The summed E-state index contributed by atoms with van der Waals surface area (Å²) < 4.78 is 10.5. The zero-order valence-electron chi connectivity index (χ0n) is 9.06. The molecule has 0 unspecified atom stereocenters. The zero-order chi connectivity index (χ0) is 12.2. The minimum Gasteiger partial charge on any atom is -0.490 e. The van der Waals surface area contributed by atoms with Crippen molar-refractivity contribution in [3.05, 3.63) is 27.8 Å². The molecule has 6 nitrogen and oxygen atoms in total. The summed E-state index contributed by atoms with van der Waals surface area (Å²) in [6, 6.07) is 2.65. The van der Waals surface area contributed by atoms with Gasteiger partial charge in [0, 0.05) is 12.1 Å². The van der Waals surface area contributed by atoms with Gasteiger partial charge in [-0.2, -0.15) is 0 Å². The Bertz CT molecular complexity index is 547. The van der Waals surface area contributed by atoms with Gasteiger partial charge in [0.05, 0.1) is 17.6 Å². The van der Waals surface area contributed by atoms with E-state index in [2.05, 4.69) is 0 Å². The number of hydrogen-bond acceptors (Lipinski definition) is 5. The molecule has 1 spiro atoms. The van der Waals surface area contributed by atoms with Crippen molar-refractivity contribution in [1.82, 2.24) is 0 Å². The number of methoxy groups -OCH3 is 1. The van der Waals surface area contributed by atoms with Crippen molar-refractivity contribution in [2.45, 2.75) is 18.4 Å². The lowest BCUT2D eigenvalue weighted by Crippen LogP contribution is -2.21. The van der Waals surface area contributed by atoms with Gasteiger partial charge in [-0.05, 0) is 12.8 Å². The average molecular weight is 235 g/mol. The molecule has 1 fully saturated rings. The molecule has 88 valence electrons. The van der Waals surface area contributed by atoms with Crippen molar-refractivity contribution in [3.63, 3.8) is 0 Å². The Labute approximate surface area is 96.3 Å². The second-order valence-corrected chi connectivity index (χ2v) is 4.20. The van der Waals surface area contributed by atoms with E-state index in [9.17, 15) is 14.9 Å². The fourth-order valence-corrected chi connectivity index (χ4v) is 2.06. The molecule has 0 aromatic heterocycles. The van der Waals surface area contributed by atoms with Gasteiger partial charge in [-0.1, -0.05) is 0 Å². The van der Waals surface area contributed by atoms with Crippen LogP contribution in [-0.4, -0.2) is 23.4 Å². The molecule has 0 saturated heterocycles. The smallest absolute Gasteiger partial charge is 0.311 e. The highest BCUT2D eigenvalue weighted by Gasteiger charge is 2.58. The van der Waals surface area contributed by atoms with Gasteiger partial charge in [-0.25, -0.2) is 0 Å². The highest BCUT2D eigenvalue weighted by Crippen LogP contribution is 2.51. The van der Waals surface area contributed by atoms with E-state index in [1.54, 1.807) is 0 Å². The Morgan fingerprint density at radius 3 is 2.71 bits per heavy atom. The number of fused-ring (bicyclic) bond motifs is 1. The van der Waals surface area contributed by atoms with E-state index in [1.165, 1.54) is 19.2 Å². The summed E-state index contributed by atoms with van der Waals surface area (Å²) in [7, 11) is 1.35. The van der Waals surface area contributed by atoms with Crippen LogP contribution in [0, 0.1) is 10.1 Å². The molecule has 0 N–H and O–H groups in total. The fourth-order valence-electron chi connectivity index (χ4n) is 2.06. The lowest BCUT2D eigenvalue weighted by atomic mass is 10.1. The SMILES string of the molecule is COc1cc2c(cc1[N+](=O)[O-])C(=O)C1(CC1)O2. The highest BCUT2D eigenvalue weighted by atomic mass is 16.6. The van der Waals surface area contributed by atoms with E-state index in [4.69, 9.17) is 9.47 Å². The van der Waals surface area contributed by atoms with Gasteiger partial charge < -0.3 is 9.47 Å². The van der Waals surface area contributed by atoms with Crippen LogP contribution in [0.25, 0.3) is 0 Å². The molecule has 1 aromatic rings. The van der Waals surface area contributed by atoms with Crippen molar-refractivity contribution in [3.8, 4) is 11.5 Å². The number of hydrogen-bond donors (Lipinski definition) is 0. The van der Waals surface area contributed by atoms with Gasteiger partial charge in [0.2, 0.25) is 11.5 Å². The molecule has 1 saturated carbocycles. The van der Waals surface area contributed by atoms with Gasteiger partial charge >= 0.3 is 5.69 Å². The zero-order valence-corrected chi connectivity index (χ0v) is 9.06. The Kier molecular flexibility index (Phi) is 1.76. The van der Waals surface area contributed by atoms with Gasteiger partial charge in [0.1, 0.15) is 5.75 Å². The van der Waals surface area contributed by atoms with Gasteiger partial charge in [0.25, 0.3) is 0 Å². The maximum Gasteiger partial charge on any atom is 0.311 e. The monoisotopic (exact) mass is 235 g/mol. The van der Waals surface area contributed by atoms with Crippen molar-refractivity contribution in [2.75, 3.05) is 7.11 Å². The largest absolute Gasteiger partial charge is 0.490 e. The number of nitro groups is 1. The Hall–Kier alpha value is -2.11. The molecular formula is C11H9NO5. The molecule has 3 rings (SSSR count). The molecule has 2 aliphatic rings. The summed E-state index contributed by atoms with van der Waals surface area (Å²) in [4.78, 5) is 22.2. The van der Waals surface area contributed by atoms with Crippen molar-refractivity contribution >= 4 is 11.5 Å². The van der Waals surface area contributed by atoms with E-state index in [0.29, 0.717) is 18.6 Å². The van der Waals surface area contributed by atoms with Crippen LogP contribution in [0.5, 0.6) is 11.5 Å². The minimum absolute atomic E-state index is 0.110. The summed E-state index contributed by atoms with van der Waals surface area (Å²) in [5.41, 5.74) is -0.654. The predicted octanol–water partition coefficient (Wildman–Crippen LogP) is 1.71. The van der Waals surface area contributed by atoms with E-state index in [-0.39, 0.29) is 22.8 Å². The van der Waals surface area contributed by atoms with E-state index in [1.807, 2.05) is 0 Å². The summed E-state index contributed by atoms with van der Waals surface area (Å²) >= 11 is 0. The van der Waals surface area contributed by atoms with Crippen LogP contribution in [0.1, 0.15) is 23.2 Å². The van der Waals surface area contributed by atoms with Crippen LogP contribution < -0.4 is 9.47 Å². The molecule has 0 radical (unpaired) electrons. The summed E-state index contributed by atoms with van der Waals surface area (Å²) in [6.07, 6.45) is 1.35. The summed E-state index contributed by atoms with van der Waals surface area (Å²) in [5.74, 6) is 0.340. The van der Waals surface area contributed by atoms with Crippen LogP contribution >= 0.6 is 0 Å². The number of ether oxygens (including phenoxy) is 2. The summed E-state index contributed by atoms with van der Waals surface area (Å²) in [6.45, 7) is 0. The third-order valence-electron chi connectivity index (χ3n) is 3.15. The quantitative estimate of drug-likeness (QED) is 0.576. The van der Waals surface area contributed by atoms with Crippen molar-refractivity contribution < 1.29 is 19.2 Å². The van der Waals surface area contributed by atoms with Gasteiger partial charge in [0.15, 0.2) is 5.60 Å². The number of carbonyl (C=O) groups is 1. The first kappa shape index (κ1) is 10.1. The molecule has 1 aromatic carbocycles. The maximum atomic E-state index is 12.0. The predicted molar refractivity (Wildman–Crippen MR) is 56.6 cm³/mol. The Morgan fingerprint density at radius 2 is 2.18 bits per heavy atom. The number of benzene rings is 1. The average Bonchev–Trinajstić information content (AvgIpc) is 3.02. The Morgan fingerprint density at radius 1 is 1.47 bits per heavy atom. The van der Waals surface area contributed by atoms with E-state index >= 15 is 0 Å². The first-order valence-electron chi connectivity index (χ1n) is 5.18. The second-order valence-electron chi connectivity index (χ2n) is 4.20. The summed E-state index contributed by atoms with van der Waals surface area (Å²) in [5, 5.41) is 10.8. The Balaban J connectivity index is 2.16.